The summed E-state index contributed by atoms with van der Waals surface area (Å²) in [5.74, 6) is 1.75. The molecule has 2 aromatic rings. The highest BCUT2D eigenvalue weighted by molar-refractivity contribution is 7.15. The minimum atomic E-state index is 0.0415. The third kappa shape index (κ3) is 2.25. The Morgan fingerprint density at radius 3 is 3.11 bits per heavy atom. The second-order valence-corrected chi connectivity index (χ2v) is 6.51. The van der Waals surface area contributed by atoms with Gasteiger partial charge in [-0.25, -0.2) is 4.98 Å². The highest BCUT2D eigenvalue weighted by Gasteiger charge is 2.26. The summed E-state index contributed by atoms with van der Waals surface area (Å²) >= 11 is 1.62. The van der Waals surface area contributed by atoms with Gasteiger partial charge >= 0.3 is 0 Å². The van der Waals surface area contributed by atoms with Crippen LogP contribution in [-0.4, -0.2) is 27.6 Å². The van der Waals surface area contributed by atoms with Gasteiger partial charge in [0, 0.05) is 24.7 Å². The van der Waals surface area contributed by atoms with Gasteiger partial charge < -0.3 is 10.0 Å². The number of hydrogen-bond acceptors (Lipinski definition) is 4. The molecule has 0 aliphatic heterocycles. The van der Waals surface area contributed by atoms with Gasteiger partial charge in [0.25, 0.3) is 0 Å². The number of aromatic nitrogens is 2. The largest absolute Gasteiger partial charge is 0.390 e. The third-order valence-corrected chi connectivity index (χ3v) is 5.04. The van der Waals surface area contributed by atoms with Gasteiger partial charge in [0.05, 0.1) is 12.3 Å². The van der Waals surface area contributed by atoms with Gasteiger partial charge in [-0.1, -0.05) is 19.8 Å². The van der Waals surface area contributed by atoms with E-state index in [0.29, 0.717) is 6.04 Å². The SMILES string of the molecule is CC1CCCC(N(C)c2nc3sccn3c2CO)C1. The quantitative estimate of drug-likeness (QED) is 0.939. The van der Waals surface area contributed by atoms with Gasteiger partial charge in [0.15, 0.2) is 10.8 Å². The lowest BCUT2D eigenvalue weighted by Gasteiger charge is -2.34. The van der Waals surface area contributed by atoms with E-state index in [-0.39, 0.29) is 6.61 Å². The molecule has 0 amide bonds. The second kappa shape index (κ2) is 5.13. The molecule has 19 heavy (non-hydrogen) atoms. The zero-order valence-electron chi connectivity index (χ0n) is 11.5. The van der Waals surface area contributed by atoms with E-state index in [1.807, 2.05) is 16.0 Å². The van der Waals surface area contributed by atoms with Crippen molar-refractivity contribution in [1.29, 1.82) is 0 Å². The molecule has 0 saturated heterocycles. The third-order valence-electron chi connectivity index (χ3n) is 4.28. The molecule has 104 valence electrons. The van der Waals surface area contributed by atoms with Crippen molar-refractivity contribution in [2.24, 2.45) is 5.92 Å². The Labute approximate surface area is 117 Å². The van der Waals surface area contributed by atoms with Crippen LogP contribution in [0.5, 0.6) is 0 Å². The van der Waals surface area contributed by atoms with Crippen molar-refractivity contribution in [3.63, 3.8) is 0 Å². The molecule has 0 radical (unpaired) electrons. The van der Waals surface area contributed by atoms with Crippen LogP contribution in [0.2, 0.25) is 0 Å². The highest BCUT2D eigenvalue weighted by atomic mass is 32.1. The topological polar surface area (TPSA) is 40.8 Å². The molecule has 0 spiro atoms. The van der Waals surface area contributed by atoms with Crippen molar-refractivity contribution in [1.82, 2.24) is 9.38 Å². The summed E-state index contributed by atoms with van der Waals surface area (Å²) in [5.41, 5.74) is 0.914. The van der Waals surface area contributed by atoms with Crippen LogP contribution >= 0.6 is 11.3 Å². The van der Waals surface area contributed by atoms with E-state index in [9.17, 15) is 5.11 Å². The van der Waals surface area contributed by atoms with Crippen LogP contribution in [0, 0.1) is 5.92 Å². The molecule has 1 N–H and O–H groups in total. The lowest BCUT2D eigenvalue weighted by molar-refractivity contribution is 0.275. The van der Waals surface area contributed by atoms with E-state index < -0.39 is 0 Å². The molecule has 5 heteroatoms. The number of rotatable bonds is 3. The molecule has 3 rings (SSSR count). The number of hydrogen-bond donors (Lipinski definition) is 1. The van der Waals surface area contributed by atoms with Crippen LogP contribution in [0.3, 0.4) is 0 Å². The van der Waals surface area contributed by atoms with Crippen LogP contribution in [-0.2, 0) is 6.61 Å². The lowest BCUT2D eigenvalue weighted by Crippen LogP contribution is -2.36. The zero-order chi connectivity index (χ0) is 13.4. The first-order chi connectivity index (χ1) is 9.20. The highest BCUT2D eigenvalue weighted by Crippen LogP contribution is 2.32. The molecule has 2 aromatic heterocycles. The standard InChI is InChI=1S/C14H21N3OS/c1-10-4-3-5-11(8-10)16(2)13-12(9-18)17-6-7-19-14(17)15-13/h6-7,10-11,18H,3-5,8-9H2,1-2H3. The van der Waals surface area contributed by atoms with Crippen LogP contribution in [0.4, 0.5) is 5.82 Å². The van der Waals surface area contributed by atoms with E-state index in [1.54, 1.807) is 11.3 Å². The summed E-state index contributed by atoms with van der Waals surface area (Å²) in [6.45, 7) is 2.37. The molecule has 2 unspecified atom stereocenters. The maximum absolute atomic E-state index is 9.64. The van der Waals surface area contributed by atoms with Crippen molar-refractivity contribution in [3.8, 4) is 0 Å². The van der Waals surface area contributed by atoms with E-state index in [2.05, 4.69) is 18.9 Å². The van der Waals surface area contributed by atoms with Gasteiger partial charge in [0.2, 0.25) is 0 Å². The maximum Gasteiger partial charge on any atom is 0.195 e. The van der Waals surface area contributed by atoms with Crippen molar-refractivity contribution in [2.75, 3.05) is 11.9 Å². The van der Waals surface area contributed by atoms with Gasteiger partial charge in [0.1, 0.15) is 0 Å². The van der Waals surface area contributed by atoms with Crippen molar-refractivity contribution >= 4 is 22.1 Å². The average Bonchev–Trinajstić information content (AvgIpc) is 2.97. The Morgan fingerprint density at radius 1 is 1.53 bits per heavy atom. The average molecular weight is 279 g/mol. The molecule has 0 bridgehead atoms. The summed E-state index contributed by atoms with van der Waals surface area (Å²) < 4.78 is 2.00. The van der Waals surface area contributed by atoms with Crippen LogP contribution < -0.4 is 4.90 Å². The summed E-state index contributed by atoms with van der Waals surface area (Å²) in [6.07, 6.45) is 7.09. The molecule has 2 atom stereocenters. The minimum absolute atomic E-state index is 0.0415. The van der Waals surface area contributed by atoms with Crippen molar-refractivity contribution < 1.29 is 5.11 Å². The Balaban J connectivity index is 1.91. The number of anilines is 1. The summed E-state index contributed by atoms with van der Waals surface area (Å²) in [5, 5.41) is 11.6. The molecule has 4 nitrogen and oxygen atoms in total. The molecule has 0 aromatic carbocycles. The van der Waals surface area contributed by atoms with Crippen LogP contribution in [0.15, 0.2) is 11.6 Å². The van der Waals surface area contributed by atoms with Gasteiger partial charge in [-0.05, 0) is 18.8 Å². The number of nitrogens with zero attached hydrogens (tertiary/aromatic N) is 3. The van der Waals surface area contributed by atoms with Crippen LogP contribution in [0.1, 0.15) is 38.3 Å². The minimum Gasteiger partial charge on any atom is -0.390 e. The van der Waals surface area contributed by atoms with Crippen LogP contribution in [0.25, 0.3) is 4.96 Å². The fourth-order valence-corrected chi connectivity index (χ4v) is 3.91. The molecule has 1 fully saturated rings. The van der Waals surface area contributed by atoms with Gasteiger partial charge in [-0.2, -0.15) is 0 Å². The normalized spacial score (nSPS) is 23.9. The van der Waals surface area contributed by atoms with E-state index in [1.165, 1.54) is 25.7 Å². The number of imidazole rings is 1. The molecule has 1 aliphatic rings. The molecule has 1 aliphatic carbocycles. The first-order valence-corrected chi connectivity index (χ1v) is 7.86. The van der Waals surface area contributed by atoms with Gasteiger partial charge in [-0.15, -0.1) is 11.3 Å². The van der Waals surface area contributed by atoms with E-state index in [4.69, 9.17) is 4.98 Å². The number of fused-ring (bicyclic) bond motifs is 1. The van der Waals surface area contributed by atoms with E-state index in [0.717, 1.165) is 22.4 Å². The second-order valence-electron chi connectivity index (χ2n) is 5.63. The smallest absolute Gasteiger partial charge is 0.195 e. The van der Waals surface area contributed by atoms with Crippen molar-refractivity contribution in [2.45, 2.75) is 45.3 Å². The maximum atomic E-state index is 9.64. The summed E-state index contributed by atoms with van der Waals surface area (Å²) in [4.78, 5) is 7.94. The Hall–Kier alpha value is -1.07. The molecular formula is C14H21N3OS. The zero-order valence-corrected chi connectivity index (χ0v) is 12.4. The molecule has 2 heterocycles. The Bertz CT molecular complexity index is 562. The Kier molecular flexibility index (Phi) is 3.50. The first-order valence-electron chi connectivity index (χ1n) is 6.98. The van der Waals surface area contributed by atoms with E-state index >= 15 is 0 Å². The summed E-state index contributed by atoms with van der Waals surface area (Å²) in [6, 6.07) is 0.554. The molecule has 1 saturated carbocycles. The Morgan fingerprint density at radius 2 is 2.37 bits per heavy atom. The fourth-order valence-electron chi connectivity index (χ4n) is 3.18. The van der Waals surface area contributed by atoms with Gasteiger partial charge in [-0.3, -0.25) is 4.40 Å². The predicted octanol–water partition coefficient (Wildman–Crippen LogP) is 2.90. The lowest BCUT2D eigenvalue weighted by atomic mass is 9.86. The summed E-state index contributed by atoms with van der Waals surface area (Å²) in [7, 11) is 2.12. The number of aliphatic hydroxyl groups is 1. The molecular weight excluding hydrogens is 258 g/mol. The monoisotopic (exact) mass is 279 g/mol. The fraction of sp³-hybridized carbons (Fsp3) is 0.643. The van der Waals surface area contributed by atoms with Crippen molar-refractivity contribution in [3.05, 3.63) is 17.3 Å². The predicted molar refractivity (Wildman–Crippen MR) is 78.8 cm³/mol. The number of aliphatic hydroxyl groups excluding tert-OH is 1. The number of thiazole rings is 1. The first kappa shape index (κ1) is 12.9.